The number of esters is 1. The number of aliphatic hydroxyl groups is 5. The van der Waals surface area contributed by atoms with Crippen LogP contribution in [0.15, 0.2) is 36.5 Å². The van der Waals surface area contributed by atoms with Crippen LogP contribution >= 0.6 is 0 Å². The van der Waals surface area contributed by atoms with Crippen LogP contribution < -0.4 is 5.32 Å². The van der Waals surface area contributed by atoms with Crippen molar-refractivity contribution in [1.29, 1.82) is 0 Å². The van der Waals surface area contributed by atoms with E-state index in [4.69, 9.17) is 14.2 Å². The van der Waals surface area contributed by atoms with Gasteiger partial charge in [0.1, 0.15) is 24.4 Å². The smallest absolute Gasteiger partial charge is 0.305 e. The number of aliphatic hydroxyl groups excluding tert-OH is 5. The number of rotatable bonds is 61. The van der Waals surface area contributed by atoms with Crippen LogP contribution in [0.25, 0.3) is 0 Å². The van der Waals surface area contributed by atoms with Gasteiger partial charge in [0, 0.05) is 12.8 Å². The van der Waals surface area contributed by atoms with E-state index in [1.807, 2.05) is 6.08 Å². The molecule has 0 aromatic heterocycles. The molecular weight excluding hydrogens is 1010 g/mol. The number of amides is 1. The number of hydrogen-bond donors (Lipinski definition) is 6. The van der Waals surface area contributed by atoms with Gasteiger partial charge in [0.25, 0.3) is 0 Å². The van der Waals surface area contributed by atoms with E-state index in [0.717, 1.165) is 51.4 Å². The molecule has 1 aliphatic heterocycles. The lowest BCUT2D eigenvalue weighted by Crippen LogP contribution is -2.60. The van der Waals surface area contributed by atoms with Gasteiger partial charge in [0.2, 0.25) is 5.91 Å². The third kappa shape index (κ3) is 48.8. The number of carbonyl (C=O) groups excluding carboxylic acids is 2. The Morgan fingerprint density at radius 2 is 0.802 bits per heavy atom. The molecule has 0 aliphatic carbocycles. The van der Waals surface area contributed by atoms with Crippen LogP contribution in [0, 0.1) is 0 Å². The van der Waals surface area contributed by atoms with Gasteiger partial charge < -0.3 is 45.1 Å². The van der Waals surface area contributed by atoms with Gasteiger partial charge in [-0.05, 0) is 70.6 Å². The molecule has 1 saturated heterocycles. The standard InChI is InChI=1S/C70H131NO10/c1-3-5-7-9-11-13-37-42-46-50-54-58-66(75)79-59-55-51-47-43-39-36-34-32-30-28-26-24-22-20-18-16-15-17-19-21-23-25-27-29-31-33-35-38-41-45-49-53-57-65(74)71-62(61-80-70-69(78)68(77)67(76)64(60-72)81-70)63(73)56-52-48-44-40-14-12-10-8-6-4-2/h14,18,20,40,52,56,62-64,67-70,72-73,76-78H,3-13,15-17,19,21-39,41-51,53-55,57-61H2,1-2H3,(H,71,74)/b20-18-,40-14+,56-52+. The van der Waals surface area contributed by atoms with Gasteiger partial charge in [-0.3, -0.25) is 9.59 Å². The molecular formula is C70H131NO10. The van der Waals surface area contributed by atoms with Gasteiger partial charge in [0.15, 0.2) is 6.29 Å². The largest absolute Gasteiger partial charge is 0.466 e. The number of carbonyl (C=O) groups is 2. The van der Waals surface area contributed by atoms with Crippen LogP contribution in [0.5, 0.6) is 0 Å². The molecule has 1 aliphatic rings. The van der Waals surface area contributed by atoms with Crippen molar-refractivity contribution >= 4 is 11.9 Å². The molecule has 0 radical (unpaired) electrons. The van der Waals surface area contributed by atoms with Crippen LogP contribution in [-0.2, 0) is 23.8 Å². The number of allylic oxidation sites excluding steroid dienone is 5. The lowest BCUT2D eigenvalue weighted by Gasteiger charge is -2.40. The topological polar surface area (TPSA) is 175 Å². The van der Waals surface area contributed by atoms with E-state index in [2.05, 4.69) is 43.5 Å². The third-order valence-corrected chi connectivity index (χ3v) is 16.5. The minimum absolute atomic E-state index is 0.0102. The molecule has 1 heterocycles. The summed E-state index contributed by atoms with van der Waals surface area (Å²) in [5.41, 5.74) is 0. The van der Waals surface area contributed by atoms with Crippen LogP contribution in [0.1, 0.15) is 335 Å². The van der Waals surface area contributed by atoms with Gasteiger partial charge in [-0.25, -0.2) is 0 Å². The van der Waals surface area contributed by atoms with E-state index in [9.17, 15) is 35.1 Å². The molecule has 1 fully saturated rings. The van der Waals surface area contributed by atoms with Crippen molar-refractivity contribution in [1.82, 2.24) is 5.32 Å². The average molecular weight is 1150 g/mol. The van der Waals surface area contributed by atoms with Crippen LogP contribution in [0.4, 0.5) is 0 Å². The minimum atomic E-state index is -1.57. The van der Waals surface area contributed by atoms with Crippen molar-refractivity contribution in [2.75, 3.05) is 19.8 Å². The van der Waals surface area contributed by atoms with Crippen LogP contribution in [0.3, 0.4) is 0 Å². The number of ether oxygens (including phenoxy) is 3. The predicted molar refractivity (Wildman–Crippen MR) is 338 cm³/mol. The van der Waals surface area contributed by atoms with Crippen LogP contribution in [0.2, 0.25) is 0 Å². The predicted octanol–water partition coefficient (Wildman–Crippen LogP) is 17.4. The van der Waals surface area contributed by atoms with Crippen molar-refractivity contribution in [2.45, 2.75) is 378 Å². The summed E-state index contributed by atoms with van der Waals surface area (Å²) in [5.74, 6) is -0.180. The Labute approximate surface area is 498 Å². The molecule has 11 nitrogen and oxygen atoms in total. The molecule has 7 atom stereocenters. The van der Waals surface area contributed by atoms with Crippen molar-refractivity contribution in [3.8, 4) is 0 Å². The molecule has 0 aromatic carbocycles. The van der Waals surface area contributed by atoms with Gasteiger partial charge in [-0.2, -0.15) is 0 Å². The summed E-state index contributed by atoms with van der Waals surface area (Å²) >= 11 is 0. The zero-order chi connectivity index (χ0) is 58.7. The average Bonchev–Trinajstić information content (AvgIpc) is 3.46. The van der Waals surface area contributed by atoms with E-state index >= 15 is 0 Å². The van der Waals surface area contributed by atoms with E-state index in [-0.39, 0.29) is 18.5 Å². The second-order valence-corrected chi connectivity index (χ2v) is 24.2. The van der Waals surface area contributed by atoms with Crippen molar-refractivity contribution < 1.29 is 49.3 Å². The Morgan fingerprint density at radius 3 is 1.23 bits per heavy atom. The Bertz CT molecular complexity index is 1440. The van der Waals surface area contributed by atoms with E-state index < -0.39 is 49.5 Å². The summed E-state index contributed by atoms with van der Waals surface area (Å²) in [6.07, 6.45) is 65.8. The fraction of sp³-hybridized carbons (Fsp3) is 0.886. The molecule has 0 saturated carbocycles. The summed E-state index contributed by atoms with van der Waals surface area (Å²) < 4.78 is 16.7. The molecule has 81 heavy (non-hydrogen) atoms. The molecule has 0 aromatic rings. The normalized spacial score (nSPS) is 18.4. The monoisotopic (exact) mass is 1150 g/mol. The maximum Gasteiger partial charge on any atom is 0.305 e. The lowest BCUT2D eigenvalue weighted by molar-refractivity contribution is -0.302. The second kappa shape index (κ2) is 59.6. The Balaban J connectivity index is 1.93. The maximum atomic E-state index is 13.0. The molecule has 1 rings (SSSR count). The van der Waals surface area contributed by atoms with Crippen molar-refractivity contribution in [2.24, 2.45) is 0 Å². The van der Waals surface area contributed by atoms with Gasteiger partial charge in [-0.1, -0.05) is 288 Å². The van der Waals surface area contributed by atoms with Crippen molar-refractivity contribution in [3.05, 3.63) is 36.5 Å². The Morgan fingerprint density at radius 1 is 0.444 bits per heavy atom. The van der Waals surface area contributed by atoms with Crippen LogP contribution in [-0.4, -0.2) is 100 Å². The SMILES string of the molecule is CCCCCC/C=C/CC/C=C/C(O)C(COC1OC(CO)C(O)C(O)C1O)NC(=O)CCCCCCCCCCCCCCCCCC/C=C\CCCCCCCCCCCCCCOC(=O)CCCCCCCCCCCCC. The van der Waals surface area contributed by atoms with Gasteiger partial charge in [-0.15, -0.1) is 0 Å². The van der Waals surface area contributed by atoms with E-state index in [0.29, 0.717) is 19.4 Å². The first kappa shape index (κ1) is 76.9. The summed E-state index contributed by atoms with van der Waals surface area (Å²) in [6.45, 7) is 4.32. The quantitative estimate of drug-likeness (QED) is 0.0195. The first-order valence-electron chi connectivity index (χ1n) is 34.8. The third-order valence-electron chi connectivity index (χ3n) is 16.5. The highest BCUT2D eigenvalue weighted by atomic mass is 16.7. The maximum absolute atomic E-state index is 13.0. The minimum Gasteiger partial charge on any atom is -0.466 e. The summed E-state index contributed by atoms with van der Waals surface area (Å²) in [4.78, 5) is 25.0. The highest BCUT2D eigenvalue weighted by Gasteiger charge is 2.44. The molecule has 7 unspecified atom stereocenters. The van der Waals surface area contributed by atoms with Gasteiger partial charge in [0.05, 0.1) is 32.0 Å². The van der Waals surface area contributed by atoms with E-state index in [1.54, 1.807) is 6.08 Å². The Hall–Kier alpha value is -2.12. The first-order chi connectivity index (χ1) is 39.7. The first-order valence-corrected chi connectivity index (χ1v) is 34.8. The molecule has 476 valence electrons. The molecule has 6 N–H and O–H groups in total. The summed E-state index contributed by atoms with van der Waals surface area (Å²) in [6, 6.07) is -0.824. The second-order valence-electron chi connectivity index (χ2n) is 24.2. The van der Waals surface area contributed by atoms with Gasteiger partial charge >= 0.3 is 5.97 Å². The summed E-state index contributed by atoms with van der Waals surface area (Å²) in [5, 5.41) is 54.3. The zero-order valence-corrected chi connectivity index (χ0v) is 52.8. The number of hydrogen-bond acceptors (Lipinski definition) is 10. The number of nitrogens with one attached hydrogen (secondary N) is 1. The van der Waals surface area contributed by atoms with Crippen molar-refractivity contribution in [3.63, 3.8) is 0 Å². The zero-order valence-electron chi connectivity index (χ0n) is 52.8. The fourth-order valence-electron chi connectivity index (χ4n) is 11.0. The summed E-state index contributed by atoms with van der Waals surface area (Å²) in [7, 11) is 0. The fourth-order valence-corrected chi connectivity index (χ4v) is 11.0. The molecule has 11 heteroatoms. The molecule has 1 amide bonds. The molecule has 0 spiro atoms. The lowest BCUT2D eigenvalue weighted by atomic mass is 9.99. The number of unbranched alkanes of at least 4 members (excludes halogenated alkanes) is 43. The highest BCUT2D eigenvalue weighted by Crippen LogP contribution is 2.23. The highest BCUT2D eigenvalue weighted by molar-refractivity contribution is 5.76. The van der Waals surface area contributed by atoms with E-state index in [1.165, 1.54) is 257 Å². The molecule has 0 bridgehead atoms. The Kier molecular flexibility index (Phi) is 56.6.